The highest BCUT2D eigenvalue weighted by molar-refractivity contribution is 5.57. The number of hydrogen-bond donors (Lipinski definition) is 1. The molecule has 0 saturated carbocycles. The summed E-state index contributed by atoms with van der Waals surface area (Å²) in [5, 5.41) is 20.2. The molecule has 0 fully saturated rings. The number of ether oxygens (including phenoxy) is 3. The van der Waals surface area contributed by atoms with E-state index in [0.29, 0.717) is 30.4 Å². The number of nitriles is 2. The van der Waals surface area contributed by atoms with Crippen LogP contribution in [0.15, 0.2) is 30.0 Å². The summed E-state index contributed by atoms with van der Waals surface area (Å²) in [6.07, 6.45) is 1.20. The van der Waals surface area contributed by atoms with Gasteiger partial charge in [-0.2, -0.15) is 10.5 Å². The Labute approximate surface area is 116 Å². The maximum atomic E-state index is 8.65. The molecule has 0 aromatic heterocycles. The van der Waals surface area contributed by atoms with Crippen LogP contribution < -0.4 is 14.8 Å². The van der Waals surface area contributed by atoms with E-state index in [0.717, 1.165) is 0 Å². The molecule has 1 atom stereocenters. The molecule has 1 unspecified atom stereocenters. The van der Waals surface area contributed by atoms with E-state index in [1.807, 2.05) is 0 Å². The van der Waals surface area contributed by atoms with E-state index in [2.05, 4.69) is 5.32 Å². The van der Waals surface area contributed by atoms with E-state index in [1.165, 1.54) is 6.20 Å². The van der Waals surface area contributed by atoms with Crippen molar-refractivity contribution in [2.75, 3.05) is 25.6 Å². The van der Waals surface area contributed by atoms with E-state index in [-0.39, 0.29) is 11.7 Å². The predicted molar refractivity (Wildman–Crippen MR) is 71.2 cm³/mol. The molecule has 1 heterocycles. The molecule has 0 amide bonds. The Bertz CT molecular complexity index is 583. The van der Waals surface area contributed by atoms with Crippen LogP contribution in [0.3, 0.4) is 0 Å². The number of hydrogen-bond acceptors (Lipinski definition) is 6. The fourth-order valence-corrected chi connectivity index (χ4v) is 1.72. The third-order valence-electron chi connectivity index (χ3n) is 2.64. The molecule has 1 N–H and O–H groups in total. The van der Waals surface area contributed by atoms with Crippen molar-refractivity contribution in [1.29, 1.82) is 10.5 Å². The lowest BCUT2D eigenvalue weighted by Crippen LogP contribution is -2.32. The van der Waals surface area contributed by atoms with Crippen LogP contribution in [0.5, 0.6) is 11.5 Å². The molecule has 0 radical (unpaired) electrons. The fraction of sp³-hybridized carbons (Fsp3) is 0.286. The van der Waals surface area contributed by atoms with Crippen molar-refractivity contribution in [2.45, 2.75) is 6.10 Å². The van der Waals surface area contributed by atoms with Gasteiger partial charge in [0.05, 0.1) is 6.61 Å². The second-order valence-corrected chi connectivity index (χ2v) is 4.09. The zero-order valence-corrected chi connectivity index (χ0v) is 10.9. The molecule has 0 bridgehead atoms. The van der Waals surface area contributed by atoms with Gasteiger partial charge in [-0.15, -0.1) is 0 Å². The third-order valence-corrected chi connectivity index (χ3v) is 2.64. The standard InChI is InChI=1S/C14H13N3O3/c1-18-8-12-9-19-13-3-2-11(4-14(13)20-12)17-7-10(5-15)6-16/h2-4,7,12,17H,8-9H2,1H3. The smallest absolute Gasteiger partial charge is 0.163 e. The Hall–Kier alpha value is -2.70. The minimum Gasteiger partial charge on any atom is -0.486 e. The van der Waals surface area contributed by atoms with Gasteiger partial charge < -0.3 is 19.5 Å². The number of fused-ring (bicyclic) bond motifs is 1. The first kappa shape index (κ1) is 13.7. The average Bonchev–Trinajstić information content (AvgIpc) is 2.48. The molecular formula is C14H13N3O3. The summed E-state index contributed by atoms with van der Waals surface area (Å²) >= 11 is 0. The van der Waals surface area contributed by atoms with Gasteiger partial charge in [0.2, 0.25) is 0 Å². The molecule has 1 aliphatic rings. The van der Waals surface area contributed by atoms with Crippen molar-refractivity contribution in [2.24, 2.45) is 0 Å². The molecule has 102 valence electrons. The maximum Gasteiger partial charge on any atom is 0.163 e. The van der Waals surface area contributed by atoms with Crippen LogP contribution in [-0.2, 0) is 4.74 Å². The highest BCUT2D eigenvalue weighted by Gasteiger charge is 2.20. The summed E-state index contributed by atoms with van der Waals surface area (Å²) in [7, 11) is 1.60. The van der Waals surface area contributed by atoms with Crippen molar-refractivity contribution >= 4 is 5.69 Å². The van der Waals surface area contributed by atoms with Gasteiger partial charge in [-0.3, -0.25) is 0 Å². The summed E-state index contributed by atoms with van der Waals surface area (Å²) in [6, 6.07) is 8.85. The van der Waals surface area contributed by atoms with E-state index >= 15 is 0 Å². The largest absolute Gasteiger partial charge is 0.486 e. The first-order valence-corrected chi connectivity index (χ1v) is 5.96. The van der Waals surface area contributed by atoms with Crippen LogP contribution in [0.1, 0.15) is 0 Å². The van der Waals surface area contributed by atoms with E-state index in [9.17, 15) is 0 Å². The van der Waals surface area contributed by atoms with E-state index < -0.39 is 0 Å². The molecule has 0 saturated heterocycles. The number of rotatable bonds is 4. The molecule has 2 rings (SSSR count). The fourth-order valence-electron chi connectivity index (χ4n) is 1.72. The minimum atomic E-state index is -0.146. The molecular weight excluding hydrogens is 258 g/mol. The Balaban J connectivity index is 2.12. The Morgan fingerprint density at radius 3 is 2.95 bits per heavy atom. The monoisotopic (exact) mass is 271 g/mol. The van der Waals surface area contributed by atoms with Gasteiger partial charge in [0.1, 0.15) is 24.3 Å². The van der Waals surface area contributed by atoms with Gasteiger partial charge in [0, 0.05) is 25.1 Å². The number of anilines is 1. The SMILES string of the molecule is COCC1COc2ccc(NC=C(C#N)C#N)cc2O1. The molecule has 1 aromatic carbocycles. The number of benzene rings is 1. The average molecular weight is 271 g/mol. The number of nitrogens with one attached hydrogen (secondary N) is 1. The maximum absolute atomic E-state index is 8.65. The first-order valence-electron chi connectivity index (χ1n) is 5.96. The van der Waals surface area contributed by atoms with Crippen LogP contribution in [-0.4, -0.2) is 26.4 Å². The van der Waals surface area contributed by atoms with Crippen molar-refractivity contribution in [3.05, 3.63) is 30.0 Å². The molecule has 0 spiro atoms. The van der Waals surface area contributed by atoms with Crippen molar-refractivity contribution in [3.8, 4) is 23.6 Å². The molecule has 1 aliphatic heterocycles. The van der Waals surface area contributed by atoms with Gasteiger partial charge >= 0.3 is 0 Å². The normalized spacial score (nSPS) is 15.7. The zero-order chi connectivity index (χ0) is 14.4. The molecule has 0 aliphatic carbocycles. The Morgan fingerprint density at radius 2 is 2.25 bits per heavy atom. The molecule has 6 nitrogen and oxygen atoms in total. The highest BCUT2D eigenvalue weighted by Crippen LogP contribution is 2.34. The van der Waals surface area contributed by atoms with Crippen LogP contribution >= 0.6 is 0 Å². The lowest BCUT2D eigenvalue weighted by atomic mass is 10.2. The van der Waals surface area contributed by atoms with Crippen LogP contribution in [0.25, 0.3) is 0 Å². The van der Waals surface area contributed by atoms with E-state index in [4.69, 9.17) is 24.7 Å². The summed E-state index contributed by atoms with van der Waals surface area (Å²) in [4.78, 5) is 0. The summed E-state index contributed by atoms with van der Waals surface area (Å²) < 4.78 is 16.3. The van der Waals surface area contributed by atoms with Crippen LogP contribution in [0, 0.1) is 22.7 Å². The van der Waals surface area contributed by atoms with Crippen molar-refractivity contribution in [3.63, 3.8) is 0 Å². The summed E-state index contributed by atoms with van der Waals surface area (Å²) in [5.74, 6) is 1.26. The van der Waals surface area contributed by atoms with E-state index in [1.54, 1.807) is 37.4 Å². The highest BCUT2D eigenvalue weighted by atomic mass is 16.6. The molecule has 1 aromatic rings. The van der Waals surface area contributed by atoms with Gasteiger partial charge in [-0.25, -0.2) is 0 Å². The van der Waals surface area contributed by atoms with Gasteiger partial charge in [0.15, 0.2) is 17.6 Å². The van der Waals surface area contributed by atoms with Crippen LogP contribution in [0.4, 0.5) is 5.69 Å². The third kappa shape index (κ3) is 3.19. The lowest BCUT2D eigenvalue weighted by molar-refractivity contribution is 0.0273. The Kier molecular flexibility index (Phi) is 4.43. The van der Waals surface area contributed by atoms with Crippen LogP contribution in [0.2, 0.25) is 0 Å². The lowest BCUT2D eigenvalue weighted by Gasteiger charge is -2.26. The first-order chi connectivity index (χ1) is 9.76. The quantitative estimate of drug-likeness (QED) is 0.840. The number of nitrogens with zero attached hydrogens (tertiary/aromatic N) is 2. The minimum absolute atomic E-state index is 0.00264. The van der Waals surface area contributed by atoms with Gasteiger partial charge in [0.25, 0.3) is 0 Å². The van der Waals surface area contributed by atoms with Gasteiger partial charge in [-0.05, 0) is 12.1 Å². The molecule has 20 heavy (non-hydrogen) atoms. The predicted octanol–water partition coefficient (Wildman–Crippen LogP) is 1.82. The second-order valence-electron chi connectivity index (χ2n) is 4.09. The van der Waals surface area contributed by atoms with Gasteiger partial charge in [-0.1, -0.05) is 0 Å². The zero-order valence-electron chi connectivity index (χ0n) is 10.9. The van der Waals surface area contributed by atoms with Crippen molar-refractivity contribution in [1.82, 2.24) is 0 Å². The summed E-state index contributed by atoms with van der Waals surface area (Å²) in [5.41, 5.74) is 0.700. The second kappa shape index (κ2) is 6.46. The number of methoxy groups -OCH3 is 1. The topological polar surface area (TPSA) is 87.3 Å². The molecule has 6 heteroatoms. The number of allylic oxidation sites excluding steroid dienone is 1. The Morgan fingerprint density at radius 1 is 1.45 bits per heavy atom. The summed E-state index contributed by atoms with van der Waals surface area (Å²) in [6.45, 7) is 0.893. The van der Waals surface area contributed by atoms with Crippen molar-refractivity contribution < 1.29 is 14.2 Å².